The Kier molecular flexibility index (Phi) is 3.04. The van der Waals surface area contributed by atoms with E-state index in [1.807, 2.05) is 18.2 Å². The number of nitrogens with zero attached hydrogens (tertiary/aromatic N) is 2. The minimum atomic E-state index is -0.275. The average molecular weight is 269 g/mol. The number of aromatic nitrogens is 3. The number of methoxy groups -OCH3 is 1. The topological polar surface area (TPSA) is 81.0 Å². The van der Waals surface area contributed by atoms with E-state index in [9.17, 15) is 4.79 Å². The number of hydrogen-bond acceptors (Lipinski definition) is 5. The van der Waals surface area contributed by atoms with E-state index >= 15 is 0 Å². The van der Waals surface area contributed by atoms with Crippen molar-refractivity contribution in [3.63, 3.8) is 0 Å². The fourth-order valence-corrected chi connectivity index (χ4v) is 1.86. The molecule has 2 aromatic heterocycles. The number of H-pyrrole nitrogens is 1. The Bertz CT molecular complexity index is 792. The van der Waals surface area contributed by atoms with E-state index in [2.05, 4.69) is 15.1 Å². The molecule has 1 aromatic carbocycles. The van der Waals surface area contributed by atoms with Gasteiger partial charge < -0.3 is 14.2 Å². The van der Waals surface area contributed by atoms with Crippen LogP contribution >= 0.6 is 0 Å². The maximum Gasteiger partial charge on any atom is 0.263 e. The van der Waals surface area contributed by atoms with Crippen molar-refractivity contribution in [1.29, 1.82) is 0 Å². The van der Waals surface area contributed by atoms with Crippen LogP contribution < -0.4 is 10.3 Å². The molecule has 0 radical (unpaired) electrons. The number of aromatic amines is 1. The lowest BCUT2D eigenvalue weighted by atomic mass is 10.2. The number of hydrogen-bond donors (Lipinski definition) is 1. The van der Waals surface area contributed by atoms with Gasteiger partial charge in [0.05, 0.1) is 12.7 Å². The highest BCUT2D eigenvalue weighted by Crippen LogP contribution is 2.28. The van der Waals surface area contributed by atoms with Crippen molar-refractivity contribution >= 4 is 0 Å². The Labute approximate surface area is 114 Å². The molecule has 0 fully saturated rings. The molecule has 0 aliphatic heterocycles. The van der Waals surface area contributed by atoms with Crippen molar-refractivity contribution in [3.8, 4) is 28.6 Å². The van der Waals surface area contributed by atoms with E-state index < -0.39 is 0 Å². The highest BCUT2D eigenvalue weighted by Gasteiger charge is 2.15. The first kappa shape index (κ1) is 12.2. The van der Waals surface area contributed by atoms with Crippen molar-refractivity contribution in [3.05, 3.63) is 52.9 Å². The monoisotopic (exact) mass is 269 g/mol. The summed E-state index contributed by atoms with van der Waals surface area (Å²) in [7, 11) is 1.57. The molecule has 0 saturated carbocycles. The van der Waals surface area contributed by atoms with Crippen LogP contribution in [0.2, 0.25) is 0 Å². The first-order valence-electron chi connectivity index (χ1n) is 5.95. The fourth-order valence-electron chi connectivity index (χ4n) is 1.86. The van der Waals surface area contributed by atoms with Gasteiger partial charge in [0, 0.05) is 6.20 Å². The van der Waals surface area contributed by atoms with Crippen LogP contribution in [0.1, 0.15) is 0 Å². The maximum absolute atomic E-state index is 11.7. The lowest BCUT2D eigenvalue weighted by Crippen LogP contribution is -2.06. The van der Waals surface area contributed by atoms with Gasteiger partial charge in [0.2, 0.25) is 5.82 Å². The molecule has 0 saturated heterocycles. The van der Waals surface area contributed by atoms with Crippen LogP contribution in [0.25, 0.3) is 22.8 Å². The molecule has 0 bridgehead atoms. The molecule has 1 N–H and O–H groups in total. The van der Waals surface area contributed by atoms with Crippen molar-refractivity contribution in [1.82, 2.24) is 15.1 Å². The van der Waals surface area contributed by atoms with Crippen LogP contribution in [-0.2, 0) is 0 Å². The average Bonchev–Trinajstić information content (AvgIpc) is 2.97. The number of benzene rings is 1. The first-order valence-corrected chi connectivity index (χ1v) is 5.95. The second-order valence-corrected chi connectivity index (χ2v) is 4.04. The van der Waals surface area contributed by atoms with Crippen molar-refractivity contribution in [2.24, 2.45) is 0 Å². The van der Waals surface area contributed by atoms with E-state index in [1.54, 1.807) is 31.5 Å². The molecule has 0 spiro atoms. The summed E-state index contributed by atoms with van der Waals surface area (Å²) in [6, 6.07) is 10.7. The van der Waals surface area contributed by atoms with Gasteiger partial charge in [0.1, 0.15) is 11.3 Å². The highest BCUT2D eigenvalue weighted by molar-refractivity contribution is 5.65. The third-order valence-corrected chi connectivity index (χ3v) is 2.82. The molecule has 2 heterocycles. The molecule has 20 heavy (non-hydrogen) atoms. The molecule has 0 atom stereocenters. The Morgan fingerprint density at radius 1 is 1.15 bits per heavy atom. The Hall–Kier alpha value is -2.89. The third-order valence-electron chi connectivity index (χ3n) is 2.82. The van der Waals surface area contributed by atoms with Crippen molar-refractivity contribution < 1.29 is 9.26 Å². The second kappa shape index (κ2) is 5.00. The number of nitrogens with one attached hydrogen (secondary N) is 1. The highest BCUT2D eigenvalue weighted by atomic mass is 16.5. The van der Waals surface area contributed by atoms with Crippen LogP contribution in [-0.4, -0.2) is 22.2 Å². The maximum atomic E-state index is 11.7. The van der Waals surface area contributed by atoms with Gasteiger partial charge in [-0.05, 0) is 24.3 Å². The minimum absolute atomic E-state index is 0.174. The summed E-state index contributed by atoms with van der Waals surface area (Å²) in [5.74, 6) is 1.19. The summed E-state index contributed by atoms with van der Waals surface area (Å²) in [4.78, 5) is 18.5. The summed E-state index contributed by atoms with van der Waals surface area (Å²) >= 11 is 0. The zero-order valence-corrected chi connectivity index (χ0v) is 10.7. The Morgan fingerprint density at radius 2 is 1.95 bits per heavy atom. The second-order valence-electron chi connectivity index (χ2n) is 4.04. The Morgan fingerprint density at radius 3 is 2.75 bits per heavy atom. The van der Waals surface area contributed by atoms with Crippen LogP contribution in [0, 0.1) is 0 Å². The van der Waals surface area contributed by atoms with Gasteiger partial charge in [-0.15, -0.1) is 0 Å². The summed E-state index contributed by atoms with van der Waals surface area (Å²) in [5, 5.41) is 3.89. The van der Waals surface area contributed by atoms with Gasteiger partial charge in [0.15, 0.2) is 0 Å². The predicted molar refractivity (Wildman–Crippen MR) is 72.3 cm³/mol. The quantitative estimate of drug-likeness (QED) is 0.787. The molecule has 0 unspecified atom stereocenters. The predicted octanol–water partition coefficient (Wildman–Crippen LogP) is 2.10. The summed E-state index contributed by atoms with van der Waals surface area (Å²) in [5.41, 5.74) is 0.765. The molecule has 3 rings (SSSR count). The molecule has 0 aliphatic rings. The van der Waals surface area contributed by atoms with E-state index in [0.29, 0.717) is 22.7 Å². The number of ether oxygens (including phenoxy) is 1. The molecule has 3 aromatic rings. The standard InChI is InChI=1S/C14H11N3O3/c1-19-11-7-3-2-5-9(11)12-16-14(20-17-12)10-6-4-8-15-13(10)18/h2-8H,1H3,(H,15,18). The number of para-hydroxylation sites is 1. The largest absolute Gasteiger partial charge is 0.496 e. The van der Waals surface area contributed by atoms with Crippen LogP contribution in [0.5, 0.6) is 5.75 Å². The van der Waals surface area contributed by atoms with Gasteiger partial charge >= 0.3 is 0 Å². The fraction of sp³-hybridized carbons (Fsp3) is 0.0714. The number of rotatable bonds is 3. The SMILES string of the molecule is COc1ccccc1-c1noc(-c2ccc[nH]c2=O)n1. The van der Waals surface area contributed by atoms with Gasteiger partial charge in [-0.1, -0.05) is 17.3 Å². The van der Waals surface area contributed by atoms with Gasteiger partial charge in [0.25, 0.3) is 11.4 Å². The lowest BCUT2D eigenvalue weighted by Gasteiger charge is -2.02. The molecular formula is C14H11N3O3. The van der Waals surface area contributed by atoms with Gasteiger partial charge in [-0.2, -0.15) is 4.98 Å². The minimum Gasteiger partial charge on any atom is -0.496 e. The van der Waals surface area contributed by atoms with Crippen molar-refractivity contribution in [2.75, 3.05) is 7.11 Å². The molecule has 0 amide bonds. The van der Waals surface area contributed by atoms with E-state index in [-0.39, 0.29) is 11.4 Å². The van der Waals surface area contributed by atoms with Crippen molar-refractivity contribution in [2.45, 2.75) is 0 Å². The van der Waals surface area contributed by atoms with Gasteiger partial charge in [-0.25, -0.2) is 0 Å². The number of pyridine rings is 1. The van der Waals surface area contributed by atoms with E-state index in [4.69, 9.17) is 9.26 Å². The lowest BCUT2D eigenvalue weighted by molar-refractivity contribution is 0.413. The zero-order chi connectivity index (χ0) is 13.9. The smallest absolute Gasteiger partial charge is 0.263 e. The molecule has 0 aliphatic carbocycles. The Balaban J connectivity index is 2.07. The summed E-state index contributed by atoms with van der Waals surface area (Å²) < 4.78 is 10.4. The summed E-state index contributed by atoms with van der Waals surface area (Å²) in [6.07, 6.45) is 1.54. The van der Waals surface area contributed by atoms with Crippen LogP contribution in [0.15, 0.2) is 51.9 Å². The normalized spacial score (nSPS) is 10.4. The van der Waals surface area contributed by atoms with E-state index in [1.165, 1.54) is 0 Å². The van der Waals surface area contributed by atoms with Gasteiger partial charge in [-0.3, -0.25) is 4.79 Å². The molecule has 6 nitrogen and oxygen atoms in total. The molecular weight excluding hydrogens is 258 g/mol. The molecule has 6 heteroatoms. The van der Waals surface area contributed by atoms with Crippen LogP contribution in [0.3, 0.4) is 0 Å². The van der Waals surface area contributed by atoms with E-state index in [0.717, 1.165) is 0 Å². The summed E-state index contributed by atoms with van der Waals surface area (Å²) in [6.45, 7) is 0. The van der Waals surface area contributed by atoms with Crippen LogP contribution in [0.4, 0.5) is 0 Å². The molecule has 100 valence electrons. The first-order chi connectivity index (χ1) is 9.79. The third kappa shape index (κ3) is 2.07. The zero-order valence-electron chi connectivity index (χ0n) is 10.7.